The number of hydrogen-bond acceptors (Lipinski definition) is 4. The molecular formula is C40H66O4. The summed E-state index contributed by atoms with van der Waals surface area (Å²) < 4.78 is 12.6. The number of ether oxygens (including phenoxy) is 2. The average molecular weight is 611 g/mol. The molecule has 250 valence electrons. The molecule has 0 aromatic carbocycles. The van der Waals surface area contributed by atoms with E-state index < -0.39 is 0 Å². The lowest BCUT2D eigenvalue weighted by Crippen LogP contribution is -2.79. The molecule has 9 rings (SSSR count). The van der Waals surface area contributed by atoms with Crippen LogP contribution in [0.2, 0.25) is 0 Å². The van der Waals surface area contributed by atoms with E-state index in [-0.39, 0.29) is 39.4 Å². The van der Waals surface area contributed by atoms with Gasteiger partial charge in [0, 0.05) is 10.8 Å². The van der Waals surface area contributed by atoms with Crippen molar-refractivity contribution < 1.29 is 19.1 Å². The zero-order valence-electron chi connectivity index (χ0n) is 30.2. The highest BCUT2D eigenvalue weighted by atomic mass is 16.6. The van der Waals surface area contributed by atoms with Crippen LogP contribution in [0.25, 0.3) is 0 Å². The predicted octanol–water partition coefficient (Wildman–Crippen LogP) is 10.3. The highest BCUT2D eigenvalue weighted by Gasteiger charge is 2.90. The molecule has 9 aliphatic carbocycles. The molecule has 0 radical (unpaired) electrons. The van der Waals surface area contributed by atoms with Crippen LogP contribution in [0.15, 0.2) is 0 Å². The van der Waals surface area contributed by atoms with Gasteiger partial charge in [0.1, 0.15) is 11.2 Å². The van der Waals surface area contributed by atoms with E-state index in [1.54, 1.807) is 0 Å². The second kappa shape index (κ2) is 10.5. The van der Waals surface area contributed by atoms with Crippen LogP contribution >= 0.6 is 0 Å². The largest absolute Gasteiger partial charge is 0.459 e. The first-order valence-electron chi connectivity index (χ1n) is 18.9. The molecule has 6 unspecified atom stereocenters. The fourth-order valence-electron chi connectivity index (χ4n) is 12.9. The fraction of sp³-hybridized carbons (Fsp3) is 0.950. The Hall–Kier alpha value is -1.06. The molecule has 4 heteroatoms. The molecule has 44 heavy (non-hydrogen) atoms. The van der Waals surface area contributed by atoms with Gasteiger partial charge in [-0.2, -0.15) is 0 Å². The summed E-state index contributed by atoms with van der Waals surface area (Å²) in [6.07, 6.45) is 18.9. The molecule has 9 fully saturated rings. The third-order valence-electron chi connectivity index (χ3n) is 16.1. The molecule has 6 bridgehead atoms. The summed E-state index contributed by atoms with van der Waals surface area (Å²) in [4.78, 5) is 25.5. The van der Waals surface area contributed by atoms with Crippen LogP contribution in [0.3, 0.4) is 0 Å². The van der Waals surface area contributed by atoms with Gasteiger partial charge in [0.05, 0.1) is 10.8 Å². The van der Waals surface area contributed by atoms with E-state index >= 15 is 0 Å². The van der Waals surface area contributed by atoms with Crippen LogP contribution in [-0.2, 0) is 19.1 Å². The van der Waals surface area contributed by atoms with Gasteiger partial charge in [-0.3, -0.25) is 9.59 Å². The minimum Gasteiger partial charge on any atom is -0.459 e. The van der Waals surface area contributed by atoms with Crippen LogP contribution in [0, 0.1) is 62.6 Å². The quantitative estimate of drug-likeness (QED) is 0.218. The van der Waals surface area contributed by atoms with Crippen molar-refractivity contribution in [2.24, 2.45) is 62.6 Å². The molecule has 9 aliphatic rings. The van der Waals surface area contributed by atoms with Crippen molar-refractivity contribution >= 4 is 11.9 Å². The number of carbonyl (C=O) groups is 2. The Labute approximate surface area is 269 Å². The zero-order valence-corrected chi connectivity index (χ0v) is 30.2. The van der Waals surface area contributed by atoms with Gasteiger partial charge in [0.15, 0.2) is 0 Å². The first-order chi connectivity index (χ1) is 20.4. The van der Waals surface area contributed by atoms with Crippen LogP contribution in [0.1, 0.15) is 166 Å². The number of hydrogen-bond donors (Lipinski definition) is 0. The van der Waals surface area contributed by atoms with Crippen LogP contribution in [0.4, 0.5) is 0 Å². The summed E-state index contributed by atoms with van der Waals surface area (Å²) in [5.74, 6) is 5.48. The van der Waals surface area contributed by atoms with Crippen molar-refractivity contribution in [3.8, 4) is 0 Å². The molecule has 6 atom stereocenters. The molecule has 0 saturated heterocycles. The fourth-order valence-corrected chi connectivity index (χ4v) is 12.9. The van der Waals surface area contributed by atoms with Gasteiger partial charge in [-0.1, -0.05) is 27.2 Å². The van der Waals surface area contributed by atoms with E-state index in [0.717, 1.165) is 61.2 Å². The van der Waals surface area contributed by atoms with Crippen molar-refractivity contribution in [3.63, 3.8) is 0 Å². The van der Waals surface area contributed by atoms with Gasteiger partial charge >= 0.3 is 11.9 Å². The van der Waals surface area contributed by atoms with E-state index in [4.69, 9.17) is 9.47 Å². The van der Waals surface area contributed by atoms with Crippen LogP contribution in [0.5, 0.6) is 0 Å². The highest BCUT2D eigenvalue weighted by Crippen LogP contribution is 2.94. The second-order valence-corrected chi connectivity index (χ2v) is 19.3. The standard InChI is InChI=1S/C22H38O2.C18H28O2/c1-6-8-9-21(5,24-19(23)20(3,4)7-2)22-13-16-10-17(14-22)12-18(11-16)15-22;1-6-15(2,3)14(19)20-16(4,5)18-10-12-7-11-8-13(18)9-17(11,12)18/h16-18H,6-15H2,1-5H3;11-13H,6-10H2,1-5H3. The lowest BCUT2D eigenvalue weighted by molar-refractivity contribution is -0.361. The Morgan fingerprint density at radius 2 is 1.14 bits per heavy atom. The third-order valence-corrected chi connectivity index (χ3v) is 16.1. The van der Waals surface area contributed by atoms with Crippen LogP contribution in [-0.4, -0.2) is 23.1 Å². The van der Waals surface area contributed by atoms with E-state index in [0.29, 0.717) is 10.8 Å². The highest BCUT2D eigenvalue weighted by molar-refractivity contribution is 5.77. The Morgan fingerprint density at radius 1 is 0.636 bits per heavy atom. The molecule has 0 aliphatic heterocycles. The molecule has 4 nitrogen and oxygen atoms in total. The topological polar surface area (TPSA) is 52.6 Å². The lowest BCUT2D eigenvalue weighted by Gasteiger charge is -2.81. The van der Waals surface area contributed by atoms with Gasteiger partial charge in [-0.25, -0.2) is 0 Å². The van der Waals surface area contributed by atoms with E-state index in [2.05, 4.69) is 41.5 Å². The maximum atomic E-state index is 12.9. The predicted molar refractivity (Wildman–Crippen MR) is 177 cm³/mol. The average Bonchev–Trinajstić information content (AvgIpc) is 3.26. The molecular weight excluding hydrogens is 544 g/mol. The number of carbonyl (C=O) groups excluding carboxylic acids is 2. The summed E-state index contributed by atoms with van der Waals surface area (Å²) in [6.45, 7) is 21.2. The molecule has 0 amide bonds. The summed E-state index contributed by atoms with van der Waals surface area (Å²) >= 11 is 0. The molecule has 1 spiro atoms. The van der Waals surface area contributed by atoms with Crippen molar-refractivity contribution in [1.82, 2.24) is 0 Å². The van der Waals surface area contributed by atoms with Crippen molar-refractivity contribution in [2.45, 2.75) is 177 Å². The number of rotatable bonds is 11. The van der Waals surface area contributed by atoms with E-state index in [9.17, 15) is 9.59 Å². The summed E-state index contributed by atoms with van der Waals surface area (Å²) in [5, 5.41) is 0. The molecule has 9 saturated carbocycles. The smallest absolute Gasteiger partial charge is 0.312 e. The Bertz CT molecular complexity index is 1110. The normalized spacial score (nSPS) is 42.0. The summed E-state index contributed by atoms with van der Waals surface area (Å²) in [7, 11) is 0. The van der Waals surface area contributed by atoms with Gasteiger partial charge in [-0.15, -0.1) is 0 Å². The summed E-state index contributed by atoms with van der Waals surface area (Å²) in [6, 6.07) is 0. The van der Waals surface area contributed by atoms with Gasteiger partial charge in [-0.05, 0) is 179 Å². The zero-order chi connectivity index (χ0) is 32.1. The first kappa shape index (κ1) is 32.9. The molecule has 0 N–H and O–H groups in total. The number of esters is 2. The Balaban J connectivity index is 0.000000158. The second-order valence-electron chi connectivity index (χ2n) is 19.3. The van der Waals surface area contributed by atoms with Crippen LogP contribution < -0.4 is 0 Å². The number of unbranched alkanes of at least 4 members (excludes halogenated alkanes) is 1. The Kier molecular flexibility index (Phi) is 7.82. The summed E-state index contributed by atoms with van der Waals surface area (Å²) in [5.41, 5.74) is -0.0543. The SMILES string of the molecule is CCC(C)(C)C(=O)OC(C)(C)C12CC3CC4CC1CC432.CCCCC(C)(OC(=O)C(C)(C)CC)C12CC3CC(CC(C3)C1)C2. The van der Waals surface area contributed by atoms with Crippen molar-refractivity contribution in [1.29, 1.82) is 0 Å². The minimum absolute atomic E-state index is 0.00129. The van der Waals surface area contributed by atoms with E-state index in [1.807, 2.05) is 27.7 Å². The molecule has 0 heterocycles. The van der Waals surface area contributed by atoms with Crippen molar-refractivity contribution in [2.75, 3.05) is 0 Å². The van der Waals surface area contributed by atoms with Gasteiger partial charge in [0.25, 0.3) is 0 Å². The first-order valence-corrected chi connectivity index (χ1v) is 18.9. The minimum atomic E-state index is -0.365. The maximum absolute atomic E-state index is 12.9. The van der Waals surface area contributed by atoms with Gasteiger partial charge in [0.2, 0.25) is 0 Å². The maximum Gasteiger partial charge on any atom is 0.312 e. The Morgan fingerprint density at radius 3 is 1.59 bits per heavy atom. The van der Waals surface area contributed by atoms with Gasteiger partial charge < -0.3 is 9.47 Å². The molecule has 0 aromatic rings. The van der Waals surface area contributed by atoms with E-state index in [1.165, 1.54) is 70.6 Å². The third kappa shape index (κ3) is 4.39. The molecule has 0 aromatic heterocycles. The monoisotopic (exact) mass is 610 g/mol. The lowest BCUT2D eigenvalue weighted by atomic mass is 9.23. The van der Waals surface area contributed by atoms with Crippen molar-refractivity contribution in [3.05, 3.63) is 0 Å².